The Balaban J connectivity index is 3.67. The maximum atomic E-state index is 10.7. The number of hydrogen-bond donors (Lipinski definition) is 3. The highest BCUT2D eigenvalue weighted by Crippen LogP contribution is 2.05. The molecular weight excluding hydrogens is 142 g/mol. The highest BCUT2D eigenvalue weighted by Gasteiger charge is 2.11. The van der Waals surface area contributed by atoms with E-state index in [0.717, 1.165) is 6.42 Å². The van der Waals surface area contributed by atoms with Crippen LogP contribution >= 0.6 is 0 Å². The molecule has 0 radical (unpaired) electrons. The molecule has 0 heterocycles. The first kappa shape index (κ1) is 10.2. The second kappa shape index (κ2) is 4.96. The van der Waals surface area contributed by atoms with E-state index in [2.05, 4.69) is 19.2 Å². The molecule has 0 aliphatic carbocycles. The molecule has 4 N–H and O–H groups in total. The van der Waals surface area contributed by atoms with E-state index in [-0.39, 0.29) is 12.1 Å². The SMILES string of the molecule is CCC(C)C(C)NC(=O)NN. The first-order valence-electron chi connectivity index (χ1n) is 3.88. The minimum atomic E-state index is -0.321. The maximum Gasteiger partial charge on any atom is 0.329 e. The summed E-state index contributed by atoms with van der Waals surface area (Å²) in [5.41, 5.74) is 2.02. The van der Waals surface area contributed by atoms with Gasteiger partial charge in [0.2, 0.25) is 0 Å². The number of urea groups is 1. The molecule has 0 aliphatic heterocycles. The van der Waals surface area contributed by atoms with Gasteiger partial charge in [-0.3, -0.25) is 5.43 Å². The molecule has 0 spiro atoms. The van der Waals surface area contributed by atoms with Crippen molar-refractivity contribution in [3.05, 3.63) is 0 Å². The number of nitrogens with one attached hydrogen (secondary N) is 2. The van der Waals surface area contributed by atoms with Crippen LogP contribution in [0.25, 0.3) is 0 Å². The highest BCUT2D eigenvalue weighted by molar-refractivity contribution is 5.73. The van der Waals surface area contributed by atoms with Crippen LogP contribution in [-0.4, -0.2) is 12.1 Å². The fourth-order valence-electron chi connectivity index (χ4n) is 0.744. The highest BCUT2D eigenvalue weighted by atomic mass is 16.2. The van der Waals surface area contributed by atoms with Crippen LogP contribution in [0.15, 0.2) is 0 Å². The van der Waals surface area contributed by atoms with Crippen molar-refractivity contribution in [2.75, 3.05) is 0 Å². The zero-order valence-electron chi connectivity index (χ0n) is 7.35. The fourth-order valence-corrected chi connectivity index (χ4v) is 0.744. The van der Waals surface area contributed by atoms with Gasteiger partial charge < -0.3 is 5.32 Å². The van der Waals surface area contributed by atoms with Crippen LogP contribution in [0.1, 0.15) is 27.2 Å². The molecule has 4 nitrogen and oxygen atoms in total. The zero-order valence-corrected chi connectivity index (χ0v) is 7.35. The van der Waals surface area contributed by atoms with Gasteiger partial charge in [-0.2, -0.15) is 0 Å². The molecule has 0 aromatic carbocycles. The molecule has 2 unspecified atom stereocenters. The van der Waals surface area contributed by atoms with E-state index in [1.54, 1.807) is 0 Å². The van der Waals surface area contributed by atoms with Gasteiger partial charge in [-0.1, -0.05) is 20.3 Å². The lowest BCUT2D eigenvalue weighted by Crippen LogP contribution is -2.46. The van der Waals surface area contributed by atoms with Crippen LogP contribution in [0, 0.1) is 5.92 Å². The van der Waals surface area contributed by atoms with E-state index in [1.807, 2.05) is 12.3 Å². The zero-order chi connectivity index (χ0) is 8.85. The van der Waals surface area contributed by atoms with Crippen molar-refractivity contribution in [1.29, 1.82) is 0 Å². The second-order valence-corrected chi connectivity index (χ2v) is 2.79. The number of nitrogens with two attached hydrogens (primary N) is 1. The third kappa shape index (κ3) is 3.83. The third-order valence-corrected chi connectivity index (χ3v) is 1.99. The molecule has 66 valence electrons. The smallest absolute Gasteiger partial charge is 0.329 e. The van der Waals surface area contributed by atoms with Gasteiger partial charge in [-0.25, -0.2) is 10.6 Å². The van der Waals surface area contributed by atoms with E-state index < -0.39 is 0 Å². The van der Waals surface area contributed by atoms with Crippen molar-refractivity contribution in [2.45, 2.75) is 33.2 Å². The number of rotatable bonds is 3. The number of hydrazine groups is 1. The molecule has 2 atom stereocenters. The Kier molecular flexibility index (Phi) is 4.61. The molecule has 0 saturated carbocycles. The van der Waals surface area contributed by atoms with Crippen LogP contribution in [-0.2, 0) is 0 Å². The largest absolute Gasteiger partial charge is 0.334 e. The number of carbonyl (C=O) groups is 1. The van der Waals surface area contributed by atoms with Gasteiger partial charge in [0.25, 0.3) is 0 Å². The summed E-state index contributed by atoms with van der Waals surface area (Å²) in [7, 11) is 0. The molecular formula is C7H17N3O. The quantitative estimate of drug-likeness (QED) is 0.320. The fraction of sp³-hybridized carbons (Fsp3) is 0.857. The lowest BCUT2D eigenvalue weighted by atomic mass is 10.0. The molecule has 0 aliphatic rings. The molecule has 0 aromatic rings. The van der Waals surface area contributed by atoms with Crippen molar-refractivity contribution in [3.63, 3.8) is 0 Å². The van der Waals surface area contributed by atoms with Gasteiger partial charge in [0.1, 0.15) is 0 Å². The van der Waals surface area contributed by atoms with Crippen molar-refractivity contribution in [2.24, 2.45) is 11.8 Å². The molecule has 0 aromatic heterocycles. The van der Waals surface area contributed by atoms with Gasteiger partial charge in [-0.05, 0) is 12.8 Å². The van der Waals surface area contributed by atoms with Crippen LogP contribution in [0.5, 0.6) is 0 Å². The van der Waals surface area contributed by atoms with Gasteiger partial charge in [0, 0.05) is 6.04 Å². The van der Waals surface area contributed by atoms with Gasteiger partial charge in [-0.15, -0.1) is 0 Å². The Morgan fingerprint density at radius 2 is 2.09 bits per heavy atom. The Morgan fingerprint density at radius 3 is 2.45 bits per heavy atom. The monoisotopic (exact) mass is 159 g/mol. The minimum absolute atomic E-state index is 0.170. The Labute approximate surface area is 67.5 Å². The topological polar surface area (TPSA) is 67.2 Å². The summed E-state index contributed by atoms with van der Waals surface area (Å²) in [4.78, 5) is 10.7. The Bertz CT molecular complexity index is 127. The molecule has 0 rings (SSSR count). The van der Waals surface area contributed by atoms with Gasteiger partial charge in [0.15, 0.2) is 0 Å². The molecule has 0 fully saturated rings. The predicted octanol–water partition coefficient (Wildman–Crippen LogP) is 0.594. The van der Waals surface area contributed by atoms with Crippen molar-refractivity contribution < 1.29 is 4.79 Å². The first-order chi connectivity index (χ1) is 5.11. The molecule has 4 heteroatoms. The Morgan fingerprint density at radius 1 is 1.55 bits per heavy atom. The van der Waals surface area contributed by atoms with Crippen molar-refractivity contribution in [1.82, 2.24) is 10.7 Å². The summed E-state index contributed by atoms with van der Waals surface area (Å²) >= 11 is 0. The number of amides is 2. The normalized spacial score (nSPS) is 15.3. The lowest BCUT2D eigenvalue weighted by Gasteiger charge is -2.18. The van der Waals surface area contributed by atoms with Crippen LogP contribution < -0.4 is 16.6 Å². The van der Waals surface area contributed by atoms with Crippen LogP contribution in [0.4, 0.5) is 4.79 Å². The average molecular weight is 159 g/mol. The van der Waals surface area contributed by atoms with E-state index >= 15 is 0 Å². The summed E-state index contributed by atoms with van der Waals surface area (Å²) in [6, 6.07) is -0.152. The second-order valence-electron chi connectivity index (χ2n) is 2.79. The summed E-state index contributed by atoms with van der Waals surface area (Å²) in [5, 5.41) is 2.71. The number of hydrogen-bond acceptors (Lipinski definition) is 2. The van der Waals surface area contributed by atoms with E-state index in [1.165, 1.54) is 0 Å². The maximum absolute atomic E-state index is 10.7. The van der Waals surface area contributed by atoms with Gasteiger partial charge >= 0.3 is 6.03 Å². The molecule has 0 bridgehead atoms. The summed E-state index contributed by atoms with van der Waals surface area (Å²) in [6.07, 6.45) is 1.05. The number of carbonyl (C=O) groups excluding carboxylic acids is 1. The summed E-state index contributed by atoms with van der Waals surface area (Å²) < 4.78 is 0. The molecule has 0 saturated heterocycles. The average Bonchev–Trinajstić information content (AvgIpc) is 2.02. The van der Waals surface area contributed by atoms with Crippen molar-refractivity contribution >= 4 is 6.03 Å². The molecule has 11 heavy (non-hydrogen) atoms. The van der Waals surface area contributed by atoms with E-state index in [0.29, 0.717) is 5.92 Å². The van der Waals surface area contributed by atoms with Gasteiger partial charge in [0.05, 0.1) is 0 Å². The Hall–Kier alpha value is -0.770. The summed E-state index contributed by atoms with van der Waals surface area (Å²) in [5.74, 6) is 5.38. The standard InChI is InChI=1S/C7H17N3O/c1-4-5(2)6(3)9-7(11)10-8/h5-6H,4,8H2,1-3H3,(H2,9,10,11). The summed E-state index contributed by atoms with van der Waals surface area (Å²) in [6.45, 7) is 6.13. The molecule has 2 amide bonds. The first-order valence-corrected chi connectivity index (χ1v) is 3.88. The van der Waals surface area contributed by atoms with Crippen LogP contribution in [0.3, 0.4) is 0 Å². The van der Waals surface area contributed by atoms with Crippen LogP contribution in [0.2, 0.25) is 0 Å². The van der Waals surface area contributed by atoms with E-state index in [9.17, 15) is 4.79 Å². The van der Waals surface area contributed by atoms with E-state index in [4.69, 9.17) is 5.84 Å². The lowest BCUT2D eigenvalue weighted by molar-refractivity contribution is 0.233. The van der Waals surface area contributed by atoms with Crippen molar-refractivity contribution in [3.8, 4) is 0 Å². The third-order valence-electron chi connectivity index (χ3n) is 1.99. The minimum Gasteiger partial charge on any atom is -0.334 e. The predicted molar refractivity (Wildman–Crippen MR) is 44.8 cm³/mol.